The van der Waals surface area contributed by atoms with Crippen LogP contribution in [0.25, 0.3) is 10.9 Å². The Kier molecular flexibility index (Phi) is 7.04. The highest BCUT2D eigenvalue weighted by Crippen LogP contribution is 2.11. The van der Waals surface area contributed by atoms with Gasteiger partial charge in [0.15, 0.2) is 0 Å². The van der Waals surface area contributed by atoms with Gasteiger partial charge in [-0.15, -0.1) is 12.4 Å². The third-order valence-corrected chi connectivity index (χ3v) is 2.90. The number of carbonyl (C=O) groups excluding carboxylic acids is 1. The summed E-state index contributed by atoms with van der Waals surface area (Å²) in [6, 6.07) is 7.88. The summed E-state index contributed by atoms with van der Waals surface area (Å²) in [7, 11) is 0. The van der Waals surface area contributed by atoms with Gasteiger partial charge in [0.25, 0.3) is 0 Å². The Labute approximate surface area is 125 Å². The summed E-state index contributed by atoms with van der Waals surface area (Å²) in [5.74, 6) is -0.00727. The van der Waals surface area contributed by atoms with Crippen molar-refractivity contribution in [3.8, 4) is 0 Å². The molecular formula is C14H21ClN4O. The molecule has 0 unspecified atom stereocenters. The van der Waals surface area contributed by atoms with Gasteiger partial charge in [-0.05, 0) is 19.0 Å². The quantitative estimate of drug-likeness (QED) is 0.763. The van der Waals surface area contributed by atoms with Gasteiger partial charge in [0, 0.05) is 18.5 Å². The van der Waals surface area contributed by atoms with E-state index in [1.807, 2.05) is 24.3 Å². The summed E-state index contributed by atoms with van der Waals surface area (Å²) < 4.78 is 1.73. The number of halogens is 1. The standard InChI is InChI=1S/C14H20N4O.ClH/c1-2-7-15-8-9-16-14(19)11-18-13-6-4-3-5-12(13)10-17-18;/h3-6,10,15H,2,7-9,11H2,1H3,(H,16,19);1H. The zero-order valence-corrected chi connectivity index (χ0v) is 12.4. The molecule has 0 aliphatic heterocycles. The zero-order valence-electron chi connectivity index (χ0n) is 11.6. The van der Waals surface area contributed by atoms with Crippen LogP contribution in [0.3, 0.4) is 0 Å². The van der Waals surface area contributed by atoms with Crippen molar-refractivity contribution in [2.75, 3.05) is 19.6 Å². The average molecular weight is 297 g/mol. The molecule has 1 aromatic carbocycles. The second-order valence-electron chi connectivity index (χ2n) is 4.46. The minimum absolute atomic E-state index is 0. The third-order valence-electron chi connectivity index (χ3n) is 2.90. The topological polar surface area (TPSA) is 58.9 Å². The van der Waals surface area contributed by atoms with Crippen molar-refractivity contribution in [3.05, 3.63) is 30.5 Å². The van der Waals surface area contributed by atoms with Gasteiger partial charge in [-0.3, -0.25) is 9.48 Å². The van der Waals surface area contributed by atoms with Crippen molar-refractivity contribution in [1.82, 2.24) is 20.4 Å². The molecule has 2 aromatic rings. The van der Waals surface area contributed by atoms with Crippen molar-refractivity contribution < 1.29 is 4.79 Å². The lowest BCUT2D eigenvalue weighted by molar-refractivity contribution is -0.121. The largest absolute Gasteiger partial charge is 0.353 e. The fraction of sp³-hybridized carbons (Fsp3) is 0.429. The van der Waals surface area contributed by atoms with E-state index >= 15 is 0 Å². The molecule has 0 aliphatic rings. The first-order valence-corrected chi connectivity index (χ1v) is 6.69. The molecule has 0 saturated carbocycles. The number of nitrogens with zero attached hydrogens (tertiary/aromatic N) is 2. The fourth-order valence-electron chi connectivity index (χ4n) is 1.94. The van der Waals surface area contributed by atoms with Gasteiger partial charge < -0.3 is 10.6 Å². The Bertz CT molecular complexity index is 541. The smallest absolute Gasteiger partial charge is 0.241 e. The van der Waals surface area contributed by atoms with E-state index in [0.717, 1.165) is 30.4 Å². The molecule has 0 radical (unpaired) electrons. The Balaban J connectivity index is 0.00000200. The Hall–Kier alpha value is -1.59. The highest BCUT2D eigenvalue weighted by atomic mass is 35.5. The predicted octanol–water partition coefficient (Wildman–Crippen LogP) is 1.57. The van der Waals surface area contributed by atoms with E-state index in [1.165, 1.54) is 0 Å². The van der Waals surface area contributed by atoms with Crippen LogP contribution in [0.5, 0.6) is 0 Å². The fourth-order valence-corrected chi connectivity index (χ4v) is 1.94. The van der Waals surface area contributed by atoms with E-state index in [9.17, 15) is 4.79 Å². The number of nitrogens with one attached hydrogen (secondary N) is 2. The van der Waals surface area contributed by atoms with Crippen molar-refractivity contribution in [3.63, 3.8) is 0 Å². The van der Waals surface area contributed by atoms with Crippen molar-refractivity contribution >= 4 is 29.2 Å². The lowest BCUT2D eigenvalue weighted by atomic mass is 10.2. The third kappa shape index (κ3) is 4.51. The van der Waals surface area contributed by atoms with Crippen LogP contribution >= 0.6 is 12.4 Å². The second-order valence-corrected chi connectivity index (χ2v) is 4.46. The van der Waals surface area contributed by atoms with Gasteiger partial charge >= 0.3 is 0 Å². The van der Waals surface area contributed by atoms with Gasteiger partial charge in [-0.25, -0.2) is 0 Å². The summed E-state index contributed by atoms with van der Waals surface area (Å²) in [6.45, 7) is 4.83. The number of hydrogen-bond donors (Lipinski definition) is 2. The summed E-state index contributed by atoms with van der Waals surface area (Å²) in [5, 5.41) is 11.4. The minimum atomic E-state index is -0.00727. The molecule has 20 heavy (non-hydrogen) atoms. The van der Waals surface area contributed by atoms with Crippen LogP contribution in [0.2, 0.25) is 0 Å². The monoisotopic (exact) mass is 296 g/mol. The Morgan fingerprint density at radius 3 is 2.85 bits per heavy atom. The Morgan fingerprint density at radius 2 is 2.05 bits per heavy atom. The molecule has 6 heteroatoms. The van der Waals surface area contributed by atoms with E-state index < -0.39 is 0 Å². The number of carbonyl (C=O) groups is 1. The lowest BCUT2D eigenvalue weighted by Gasteiger charge is -2.07. The number of aromatic nitrogens is 2. The average Bonchev–Trinajstić information content (AvgIpc) is 2.82. The van der Waals surface area contributed by atoms with Gasteiger partial charge in [0.05, 0.1) is 11.7 Å². The van der Waals surface area contributed by atoms with Crippen LogP contribution in [0.15, 0.2) is 30.5 Å². The number of amides is 1. The van der Waals surface area contributed by atoms with E-state index in [2.05, 4.69) is 22.7 Å². The summed E-state index contributed by atoms with van der Waals surface area (Å²) in [4.78, 5) is 11.8. The molecule has 110 valence electrons. The second kappa shape index (κ2) is 8.55. The first-order chi connectivity index (χ1) is 9.31. The van der Waals surface area contributed by atoms with Gasteiger partial charge in [-0.1, -0.05) is 25.1 Å². The van der Waals surface area contributed by atoms with E-state index in [4.69, 9.17) is 0 Å². The lowest BCUT2D eigenvalue weighted by Crippen LogP contribution is -2.34. The molecule has 0 atom stereocenters. The van der Waals surface area contributed by atoms with Crippen molar-refractivity contribution in [2.45, 2.75) is 19.9 Å². The molecule has 2 N–H and O–H groups in total. The van der Waals surface area contributed by atoms with Crippen LogP contribution in [-0.2, 0) is 11.3 Å². The molecule has 5 nitrogen and oxygen atoms in total. The van der Waals surface area contributed by atoms with Crippen molar-refractivity contribution in [2.24, 2.45) is 0 Å². The molecule has 0 aliphatic carbocycles. The maximum absolute atomic E-state index is 11.8. The number of para-hydroxylation sites is 1. The number of fused-ring (bicyclic) bond motifs is 1. The van der Waals surface area contributed by atoms with E-state index in [-0.39, 0.29) is 24.9 Å². The molecule has 0 saturated heterocycles. The summed E-state index contributed by atoms with van der Waals surface area (Å²) in [6.07, 6.45) is 2.89. The summed E-state index contributed by atoms with van der Waals surface area (Å²) >= 11 is 0. The van der Waals surface area contributed by atoms with E-state index in [1.54, 1.807) is 10.9 Å². The highest BCUT2D eigenvalue weighted by Gasteiger charge is 2.06. The number of hydrogen-bond acceptors (Lipinski definition) is 3. The number of rotatable bonds is 7. The maximum Gasteiger partial charge on any atom is 0.241 e. The zero-order chi connectivity index (χ0) is 13.5. The molecule has 2 rings (SSSR count). The predicted molar refractivity (Wildman–Crippen MR) is 83.2 cm³/mol. The first-order valence-electron chi connectivity index (χ1n) is 6.69. The molecule has 1 heterocycles. The van der Waals surface area contributed by atoms with Gasteiger partial charge in [0.2, 0.25) is 5.91 Å². The molecule has 0 bridgehead atoms. The molecule has 1 amide bonds. The molecule has 0 spiro atoms. The Morgan fingerprint density at radius 1 is 1.25 bits per heavy atom. The first kappa shape index (κ1) is 16.5. The normalized spacial score (nSPS) is 10.2. The number of benzene rings is 1. The maximum atomic E-state index is 11.8. The van der Waals surface area contributed by atoms with Crippen LogP contribution in [0.1, 0.15) is 13.3 Å². The SMILES string of the molecule is CCCNCCNC(=O)Cn1ncc2ccccc21.Cl. The van der Waals surface area contributed by atoms with Gasteiger partial charge in [0.1, 0.15) is 6.54 Å². The minimum Gasteiger partial charge on any atom is -0.353 e. The van der Waals surface area contributed by atoms with Crippen molar-refractivity contribution in [1.29, 1.82) is 0 Å². The van der Waals surface area contributed by atoms with Crippen LogP contribution in [0, 0.1) is 0 Å². The highest BCUT2D eigenvalue weighted by molar-refractivity contribution is 5.85. The summed E-state index contributed by atoms with van der Waals surface area (Å²) in [5.41, 5.74) is 0.988. The van der Waals surface area contributed by atoms with Crippen LogP contribution < -0.4 is 10.6 Å². The van der Waals surface area contributed by atoms with Gasteiger partial charge in [-0.2, -0.15) is 5.10 Å². The molecule has 0 fully saturated rings. The van der Waals surface area contributed by atoms with E-state index in [0.29, 0.717) is 6.54 Å². The van der Waals surface area contributed by atoms with Crippen LogP contribution in [-0.4, -0.2) is 35.3 Å². The molecule has 1 aromatic heterocycles. The molecular weight excluding hydrogens is 276 g/mol. The van der Waals surface area contributed by atoms with Crippen LogP contribution in [0.4, 0.5) is 0 Å².